The van der Waals surface area contributed by atoms with E-state index in [4.69, 9.17) is 0 Å². The molecule has 0 radical (unpaired) electrons. The summed E-state index contributed by atoms with van der Waals surface area (Å²) < 4.78 is 55.0. The fraction of sp³-hybridized carbons (Fsp3) is 0.296. The molecule has 1 aliphatic heterocycles. The van der Waals surface area contributed by atoms with Crippen LogP contribution in [0.5, 0.6) is 5.75 Å². The van der Waals surface area contributed by atoms with E-state index in [0.717, 1.165) is 22.5 Å². The van der Waals surface area contributed by atoms with Gasteiger partial charge in [-0.3, -0.25) is 4.79 Å². The molecule has 1 N–H and O–H groups in total. The third kappa shape index (κ3) is 5.71. The minimum atomic E-state index is -4.77. The summed E-state index contributed by atoms with van der Waals surface area (Å²) >= 11 is 0. The van der Waals surface area contributed by atoms with Crippen LogP contribution in [0.25, 0.3) is 22.3 Å². The van der Waals surface area contributed by atoms with Gasteiger partial charge in [-0.1, -0.05) is 19.1 Å². The summed E-state index contributed by atoms with van der Waals surface area (Å²) in [4.78, 5) is 28.9. The quantitative estimate of drug-likeness (QED) is 0.335. The van der Waals surface area contributed by atoms with Gasteiger partial charge in [0, 0.05) is 38.3 Å². The molecular formula is C27H25F4N5O2. The zero-order valence-corrected chi connectivity index (χ0v) is 20.5. The first-order valence-electron chi connectivity index (χ1n) is 12.1. The van der Waals surface area contributed by atoms with Crippen LogP contribution in [0.1, 0.15) is 24.8 Å². The number of benzene rings is 2. The molecule has 0 saturated carbocycles. The van der Waals surface area contributed by atoms with Crippen LogP contribution < -0.4 is 9.64 Å². The minimum Gasteiger partial charge on any atom is -0.406 e. The van der Waals surface area contributed by atoms with Gasteiger partial charge in [0.15, 0.2) is 0 Å². The van der Waals surface area contributed by atoms with Gasteiger partial charge >= 0.3 is 6.36 Å². The van der Waals surface area contributed by atoms with Gasteiger partial charge in [0.25, 0.3) is 0 Å². The summed E-state index contributed by atoms with van der Waals surface area (Å²) in [5.41, 5.74) is 2.90. The normalized spacial score (nSPS) is 15.1. The number of aromatic nitrogens is 3. The van der Waals surface area contributed by atoms with E-state index in [-0.39, 0.29) is 29.8 Å². The molecule has 2 aromatic heterocycles. The van der Waals surface area contributed by atoms with E-state index >= 15 is 0 Å². The Morgan fingerprint density at radius 3 is 2.50 bits per heavy atom. The number of anilines is 1. The summed E-state index contributed by atoms with van der Waals surface area (Å²) in [6.45, 7) is 3.92. The number of hydrogen-bond donors (Lipinski definition) is 1. The number of rotatable bonds is 6. The topological polar surface area (TPSA) is 74.4 Å². The predicted octanol–water partition coefficient (Wildman–Crippen LogP) is 5.51. The molecule has 1 fully saturated rings. The molecule has 0 unspecified atom stereocenters. The van der Waals surface area contributed by atoms with Crippen LogP contribution in [0.2, 0.25) is 0 Å². The van der Waals surface area contributed by atoms with Gasteiger partial charge in [0.05, 0.1) is 5.39 Å². The number of ether oxygens (including phenoxy) is 1. The van der Waals surface area contributed by atoms with E-state index in [1.165, 1.54) is 36.7 Å². The molecule has 198 valence electrons. The Balaban J connectivity index is 1.22. The Kier molecular flexibility index (Phi) is 6.92. The second-order valence-electron chi connectivity index (χ2n) is 9.24. The molecule has 11 heteroatoms. The lowest BCUT2D eigenvalue weighted by atomic mass is 9.97. The van der Waals surface area contributed by atoms with Crippen LogP contribution in [-0.2, 0) is 4.79 Å². The highest BCUT2D eigenvalue weighted by Gasteiger charge is 2.31. The van der Waals surface area contributed by atoms with Crippen LogP contribution in [-0.4, -0.2) is 58.3 Å². The lowest BCUT2D eigenvalue weighted by Gasteiger charge is -2.36. The van der Waals surface area contributed by atoms with Gasteiger partial charge in [-0.2, -0.15) is 0 Å². The first kappa shape index (κ1) is 25.5. The smallest absolute Gasteiger partial charge is 0.406 e. The van der Waals surface area contributed by atoms with E-state index < -0.39 is 6.36 Å². The van der Waals surface area contributed by atoms with Gasteiger partial charge < -0.3 is 19.5 Å². The Labute approximate surface area is 216 Å². The summed E-state index contributed by atoms with van der Waals surface area (Å²) in [7, 11) is 0. The molecule has 38 heavy (non-hydrogen) atoms. The summed E-state index contributed by atoms with van der Waals surface area (Å²) in [6.07, 6.45) is -3.11. The van der Waals surface area contributed by atoms with Crippen LogP contribution in [0.4, 0.5) is 23.4 Å². The number of halogens is 4. The van der Waals surface area contributed by atoms with Crippen molar-refractivity contribution in [2.75, 3.05) is 31.1 Å². The van der Waals surface area contributed by atoms with Crippen molar-refractivity contribution in [2.45, 2.75) is 25.6 Å². The number of carbonyl (C=O) groups is 1. The molecule has 1 amide bonds. The lowest BCUT2D eigenvalue weighted by Crippen LogP contribution is -2.49. The van der Waals surface area contributed by atoms with Crippen molar-refractivity contribution in [3.63, 3.8) is 0 Å². The summed E-state index contributed by atoms with van der Waals surface area (Å²) in [5, 5.41) is 0.834. The Morgan fingerprint density at radius 1 is 1.05 bits per heavy atom. The first-order valence-corrected chi connectivity index (χ1v) is 12.1. The maximum atomic E-state index is 13.3. The number of fused-ring (bicyclic) bond motifs is 1. The fourth-order valence-electron chi connectivity index (χ4n) is 4.66. The third-order valence-electron chi connectivity index (χ3n) is 6.63. The number of piperazine rings is 1. The van der Waals surface area contributed by atoms with E-state index in [2.05, 4.69) is 24.6 Å². The second-order valence-corrected chi connectivity index (χ2v) is 9.24. The number of H-pyrrole nitrogens is 1. The molecule has 0 bridgehead atoms. The number of aromatic amines is 1. The summed E-state index contributed by atoms with van der Waals surface area (Å²) in [6, 6.07) is 13.9. The molecule has 2 aromatic carbocycles. The van der Waals surface area contributed by atoms with Gasteiger partial charge in [-0.15, -0.1) is 13.2 Å². The van der Waals surface area contributed by atoms with Crippen molar-refractivity contribution in [3.05, 3.63) is 72.3 Å². The average Bonchev–Trinajstić information content (AvgIpc) is 3.33. The molecular weight excluding hydrogens is 502 g/mol. The highest BCUT2D eigenvalue weighted by atomic mass is 19.4. The lowest BCUT2D eigenvalue weighted by molar-refractivity contribution is -0.274. The molecule has 0 aliphatic carbocycles. The highest BCUT2D eigenvalue weighted by molar-refractivity contribution is 5.92. The van der Waals surface area contributed by atoms with Crippen LogP contribution in [0.15, 0.2) is 60.9 Å². The Hall–Kier alpha value is -4.15. The fourth-order valence-corrected chi connectivity index (χ4v) is 4.66. The van der Waals surface area contributed by atoms with Gasteiger partial charge in [0.2, 0.25) is 5.91 Å². The maximum absolute atomic E-state index is 13.3. The number of nitrogens with one attached hydrogen (secondary N) is 1. The number of hydrogen-bond acceptors (Lipinski definition) is 5. The van der Waals surface area contributed by atoms with Crippen LogP contribution in [0, 0.1) is 5.82 Å². The first-order chi connectivity index (χ1) is 18.2. The number of alkyl halides is 3. The summed E-state index contributed by atoms with van der Waals surface area (Å²) in [5.74, 6) is -0.194. The molecule has 1 aliphatic rings. The van der Waals surface area contributed by atoms with E-state index in [0.29, 0.717) is 37.4 Å². The monoisotopic (exact) mass is 527 g/mol. The molecule has 7 nitrogen and oxygen atoms in total. The Morgan fingerprint density at radius 2 is 1.79 bits per heavy atom. The standard InChI is InChI=1S/C27H25F4N5O2/c1-17(19-3-2-4-21(14-19)38-27(29,30)31)13-24(37)35-9-11-36(12-10-35)26-22-15-23(34-25(22)32-16-33-26)18-5-7-20(28)8-6-18/h2-8,14-17H,9-13H2,1H3,(H,32,33,34)/t17-/m1/s1. The third-order valence-corrected chi connectivity index (χ3v) is 6.63. The molecule has 0 spiro atoms. The molecule has 1 atom stereocenters. The number of amides is 1. The minimum absolute atomic E-state index is 0.0626. The molecule has 5 rings (SSSR count). The molecule has 3 heterocycles. The molecule has 4 aromatic rings. The highest BCUT2D eigenvalue weighted by Crippen LogP contribution is 2.30. The van der Waals surface area contributed by atoms with Crippen molar-refractivity contribution < 1.29 is 27.1 Å². The van der Waals surface area contributed by atoms with E-state index in [1.807, 2.05) is 13.0 Å². The zero-order valence-electron chi connectivity index (χ0n) is 20.5. The van der Waals surface area contributed by atoms with Crippen LogP contribution >= 0.6 is 0 Å². The van der Waals surface area contributed by atoms with Gasteiger partial charge in [-0.05, 0) is 59.5 Å². The van der Waals surface area contributed by atoms with Gasteiger partial charge in [-0.25, -0.2) is 14.4 Å². The number of carbonyl (C=O) groups excluding carboxylic acids is 1. The predicted molar refractivity (Wildman–Crippen MR) is 134 cm³/mol. The zero-order chi connectivity index (χ0) is 26.9. The van der Waals surface area contributed by atoms with Crippen molar-refractivity contribution in [1.29, 1.82) is 0 Å². The number of nitrogens with zero attached hydrogens (tertiary/aromatic N) is 4. The van der Waals surface area contributed by atoms with Crippen molar-refractivity contribution in [3.8, 4) is 17.0 Å². The maximum Gasteiger partial charge on any atom is 0.573 e. The SMILES string of the molecule is C[C@H](CC(=O)N1CCN(c2ncnc3[nH]c(-c4ccc(F)cc4)cc23)CC1)c1cccc(OC(F)(F)F)c1. The van der Waals surface area contributed by atoms with Crippen molar-refractivity contribution in [2.24, 2.45) is 0 Å². The Bertz CT molecular complexity index is 1430. The van der Waals surface area contributed by atoms with Gasteiger partial charge in [0.1, 0.15) is 29.4 Å². The van der Waals surface area contributed by atoms with E-state index in [1.54, 1.807) is 23.1 Å². The van der Waals surface area contributed by atoms with Crippen molar-refractivity contribution >= 4 is 22.8 Å². The van der Waals surface area contributed by atoms with E-state index in [9.17, 15) is 22.4 Å². The molecule has 1 saturated heterocycles. The largest absolute Gasteiger partial charge is 0.573 e. The van der Waals surface area contributed by atoms with Crippen LogP contribution in [0.3, 0.4) is 0 Å². The average molecular weight is 528 g/mol. The second kappa shape index (κ2) is 10.3. The van der Waals surface area contributed by atoms with Crippen molar-refractivity contribution in [1.82, 2.24) is 19.9 Å².